The van der Waals surface area contributed by atoms with Crippen molar-refractivity contribution in [3.05, 3.63) is 69.8 Å². The predicted octanol–water partition coefficient (Wildman–Crippen LogP) is 2.78. The van der Waals surface area contributed by atoms with Crippen LogP contribution in [-0.2, 0) is 0 Å². The van der Waals surface area contributed by atoms with Gasteiger partial charge in [0, 0.05) is 0 Å². The van der Waals surface area contributed by atoms with E-state index >= 15 is 0 Å². The van der Waals surface area contributed by atoms with Crippen LogP contribution in [-0.4, -0.2) is 44.3 Å². The zero-order valence-electron chi connectivity index (χ0n) is 13.9. The van der Waals surface area contributed by atoms with Crippen molar-refractivity contribution < 1.29 is 39.6 Å². The highest BCUT2D eigenvalue weighted by Crippen LogP contribution is 2.10. The zero-order valence-corrected chi connectivity index (χ0v) is 13.9. The van der Waals surface area contributed by atoms with Crippen molar-refractivity contribution in [1.29, 1.82) is 0 Å². The fourth-order valence-electron chi connectivity index (χ4n) is 2.06. The summed E-state index contributed by atoms with van der Waals surface area (Å²) in [6.07, 6.45) is 0. The second-order valence-electron chi connectivity index (χ2n) is 5.40. The molecule has 2 aromatic rings. The van der Waals surface area contributed by atoms with Crippen molar-refractivity contribution in [3.63, 3.8) is 0 Å². The highest BCUT2D eigenvalue weighted by molar-refractivity contribution is 5.94. The first-order valence-electron chi connectivity index (χ1n) is 7.18. The topological polar surface area (TPSA) is 149 Å². The minimum atomic E-state index is -1.12. The molecule has 2 aromatic carbocycles. The highest BCUT2D eigenvalue weighted by Gasteiger charge is 2.10. The summed E-state index contributed by atoms with van der Waals surface area (Å²) < 4.78 is 0. The van der Waals surface area contributed by atoms with Crippen molar-refractivity contribution in [2.75, 3.05) is 0 Å². The Bertz CT molecular complexity index is 745. The van der Waals surface area contributed by atoms with Crippen LogP contribution in [0.25, 0.3) is 0 Å². The minimum absolute atomic E-state index is 0.00241. The summed E-state index contributed by atoms with van der Waals surface area (Å²) in [4.78, 5) is 42.1. The van der Waals surface area contributed by atoms with E-state index in [1.165, 1.54) is 24.3 Å². The summed E-state index contributed by atoms with van der Waals surface area (Å²) in [5.74, 6) is -4.48. The first kappa shape index (κ1) is 20.4. The number of benzene rings is 2. The molecule has 0 radical (unpaired) electrons. The zero-order chi connectivity index (χ0) is 20.0. The van der Waals surface area contributed by atoms with Gasteiger partial charge < -0.3 is 20.4 Å². The average molecular weight is 360 g/mol. The van der Waals surface area contributed by atoms with Crippen molar-refractivity contribution in [1.82, 2.24) is 0 Å². The van der Waals surface area contributed by atoms with E-state index in [1.807, 2.05) is 0 Å². The maximum Gasteiger partial charge on any atom is 0.335 e. The number of aryl methyl sites for hydroxylation is 2. The quantitative estimate of drug-likeness (QED) is 0.650. The molecule has 0 amide bonds. The van der Waals surface area contributed by atoms with Gasteiger partial charge in [-0.05, 0) is 61.4 Å². The van der Waals surface area contributed by atoms with E-state index in [9.17, 15) is 19.2 Å². The van der Waals surface area contributed by atoms with Crippen molar-refractivity contribution in [3.8, 4) is 0 Å². The van der Waals surface area contributed by atoms with Gasteiger partial charge in [0.15, 0.2) is 0 Å². The lowest BCUT2D eigenvalue weighted by atomic mass is 10.1. The maximum atomic E-state index is 10.5. The van der Waals surface area contributed by atoms with E-state index in [1.54, 1.807) is 13.8 Å². The molecule has 136 valence electrons. The number of carboxylic acid groups (broad SMARTS) is 4. The van der Waals surface area contributed by atoms with Gasteiger partial charge in [0.1, 0.15) is 0 Å². The number of carbonyl (C=O) groups is 4. The molecule has 0 aliphatic heterocycles. The molecule has 0 heterocycles. The Balaban J connectivity index is 0.000000260. The molecule has 0 aliphatic rings. The van der Waals surface area contributed by atoms with Crippen LogP contribution >= 0.6 is 0 Å². The molecule has 4 N–H and O–H groups in total. The molecule has 0 bridgehead atoms. The summed E-state index contributed by atoms with van der Waals surface area (Å²) >= 11 is 0. The summed E-state index contributed by atoms with van der Waals surface area (Å²) in [5, 5.41) is 34.5. The molecule has 8 nitrogen and oxygen atoms in total. The molecular formula is C18H16O8. The molecule has 0 unspecified atom stereocenters. The van der Waals surface area contributed by atoms with E-state index in [2.05, 4.69) is 0 Å². The van der Waals surface area contributed by atoms with E-state index in [0.717, 1.165) is 12.1 Å². The van der Waals surface area contributed by atoms with Gasteiger partial charge in [0.05, 0.1) is 22.3 Å². The third-order valence-corrected chi connectivity index (χ3v) is 3.14. The molecule has 2 rings (SSSR count). The Labute approximate surface area is 148 Å². The van der Waals surface area contributed by atoms with E-state index in [-0.39, 0.29) is 22.3 Å². The van der Waals surface area contributed by atoms with E-state index in [0.29, 0.717) is 11.1 Å². The number of aromatic carboxylic acids is 4. The van der Waals surface area contributed by atoms with Gasteiger partial charge in [-0.1, -0.05) is 0 Å². The maximum absolute atomic E-state index is 10.5. The number of hydrogen-bond donors (Lipinski definition) is 4. The molecule has 26 heavy (non-hydrogen) atoms. The van der Waals surface area contributed by atoms with Crippen LogP contribution in [0.1, 0.15) is 52.6 Å². The van der Waals surface area contributed by atoms with Gasteiger partial charge >= 0.3 is 23.9 Å². The molecule has 0 aliphatic carbocycles. The Hall–Kier alpha value is -3.68. The van der Waals surface area contributed by atoms with Crippen LogP contribution < -0.4 is 0 Å². The third-order valence-electron chi connectivity index (χ3n) is 3.14. The van der Waals surface area contributed by atoms with Crippen LogP contribution in [0.5, 0.6) is 0 Å². The molecule has 0 fully saturated rings. The molecular weight excluding hydrogens is 344 g/mol. The Morgan fingerprint density at radius 2 is 0.692 bits per heavy atom. The monoisotopic (exact) mass is 360 g/mol. The lowest BCUT2D eigenvalue weighted by Crippen LogP contribution is -2.02. The molecule has 0 saturated carbocycles. The third kappa shape index (κ3) is 5.75. The first-order valence-corrected chi connectivity index (χ1v) is 7.18. The smallest absolute Gasteiger partial charge is 0.335 e. The average Bonchev–Trinajstić information content (AvgIpc) is 2.54. The van der Waals surface area contributed by atoms with E-state index in [4.69, 9.17) is 20.4 Å². The lowest BCUT2D eigenvalue weighted by Gasteiger charge is -1.99. The summed E-state index contributed by atoms with van der Waals surface area (Å²) in [6, 6.07) is 7.97. The SMILES string of the molecule is Cc1cc(C(=O)O)cc(C(=O)O)c1.Cc1cc(C(=O)O)cc(C(=O)O)c1. The van der Waals surface area contributed by atoms with Crippen molar-refractivity contribution >= 4 is 23.9 Å². The molecule has 0 saturated heterocycles. The summed E-state index contributed by atoms with van der Waals surface area (Å²) in [6.45, 7) is 3.30. The standard InChI is InChI=1S/2C9H8O4/c2*1-5-2-6(8(10)11)4-7(3-5)9(12)13/h2*2-4H,1H3,(H,10,11)(H,12,13). The fraction of sp³-hybridized carbons (Fsp3) is 0.111. The normalized spacial score (nSPS) is 9.62. The fourth-order valence-corrected chi connectivity index (χ4v) is 2.06. The highest BCUT2D eigenvalue weighted by atomic mass is 16.4. The predicted molar refractivity (Wildman–Crippen MR) is 90.2 cm³/mol. The second-order valence-corrected chi connectivity index (χ2v) is 5.40. The van der Waals surface area contributed by atoms with Crippen LogP contribution in [0.15, 0.2) is 36.4 Å². The Morgan fingerprint density at radius 1 is 0.500 bits per heavy atom. The van der Waals surface area contributed by atoms with Gasteiger partial charge in [-0.25, -0.2) is 19.2 Å². The van der Waals surface area contributed by atoms with Crippen molar-refractivity contribution in [2.24, 2.45) is 0 Å². The van der Waals surface area contributed by atoms with Gasteiger partial charge in [-0.15, -0.1) is 0 Å². The number of hydrogen-bond acceptors (Lipinski definition) is 4. The summed E-state index contributed by atoms with van der Waals surface area (Å²) in [7, 11) is 0. The van der Waals surface area contributed by atoms with Gasteiger partial charge in [-0.3, -0.25) is 0 Å². The van der Waals surface area contributed by atoms with Crippen LogP contribution in [0.4, 0.5) is 0 Å². The van der Waals surface area contributed by atoms with Gasteiger partial charge in [0.2, 0.25) is 0 Å². The van der Waals surface area contributed by atoms with Gasteiger partial charge in [-0.2, -0.15) is 0 Å². The molecule has 0 atom stereocenters. The van der Waals surface area contributed by atoms with Crippen molar-refractivity contribution in [2.45, 2.75) is 13.8 Å². The minimum Gasteiger partial charge on any atom is -0.478 e. The van der Waals surface area contributed by atoms with Crippen LogP contribution in [0.2, 0.25) is 0 Å². The summed E-state index contributed by atoms with van der Waals surface area (Å²) in [5.41, 5.74) is 1.24. The lowest BCUT2D eigenvalue weighted by molar-refractivity contribution is 0.0676. The molecule has 0 spiro atoms. The van der Waals surface area contributed by atoms with Gasteiger partial charge in [0.25, 0.3) is 0 Å². The first-order chi connectivity index (χ1) is 12.0. The largest absolute Gasteiger partial charge is 0.478 e. The number of carboxylic acids is 4. The van der Waals surface area contributed by atoms with Crippen LogP contribution in [0.3, 0.4) is 0 Å². The second kappa shape index (κ2) is 8.43. The van der Waals surface area contributed by atoms with Crippen LogP contribution in [0, 0.1) is 13.8 Å². The Morgan fingerprint density at radius 3 is 0.846 bits per heavy atom. The Kier molecular flexibility index (Phi) is 6.60. The van der Waals surface area contributed by atoms with E-state index < -0.39 is 23.9 Å². The molecule has 8 heteroatoms. The number of rotatable bonds is 4. The molecule has 0 aromatic heterocycles.